The predicted octanol–water partition coefficient (Wildman–Crippen LogP) is 1.76. The Morgan fingerprint density at radius 1 is 1.24 bits per heavy atom. The van der Waals surface area contributed by atoms with Crippen LogP contribution in [0.5, 0.6) is 5.75 Å². The number of aromatic amines is 1. The van der Waals surface area contributed by atoms with Crippen molar-refractivity contribution in [1.82, 2.24) is 15.8 Å². The van der Waals surface area contributed by atoms with Gasteiger partial charge in [-0.2, -0.15) is 0 Å². The lowest BCUT2D eigenvalue weighted by Gasteiger charge is -2.08. The number of halogens is 2. The average molecular weight is 356 g/mol. The molecule has 0 bridgehead atoms. The van der Waals surface area contributed by atoms with Crippen LogP contribution in [-0.2, 0) is 4.79 Å². The molecule has 1 heterocycles. The van der Waals surface area contributed by atoms with Gasteiger partial charge in [-0.15, -0.1) is 0 Å². The second kappa shape index (κ2) is 6.89. The van der Waals surface area contributed by atoms with Crippen LogP contribution < -0.4 is 15.6 Å². The number of hydrazine groups is 1. The number of hydrogen-bond donors (Lipinski definition) is 3. The zero-order valence-corrected chi connectivity index (χ0v) is 12.2. The molecule has 0 unspecified atom stereocenters. The second-order valence-corrected chi connectivity index (χ2v) is 4.89. The number of carbonyl (C=O) groups is 2. The van der Waals surface area contributed by atoms with E-state index < -0.39 is 17.6 Å². The fourth-order valence-corrected chi connectivity index (χ4v) is 1.75. The third-order valence-electron chi connectivity index (χ3n) is 2.39. The van der Waals surface area contributed by atoms with E-state index in [2.05, 4.69) is 31.8 Å². The van der Waals surface area contributed by atoms with Crippen molar-refractivity contribution in [3.63, 3.8) is 0 Å². The summed E-state index contributed by atoms with van der Waals surface area (Å²) in [6.07, 6.45) is 1.59. The minimum Gasteiger partial charge on any atom is -0.484 e. The van der Waals surface area contributed by atoms with E-state index in [1.807, 2.05) is 0 Å². The number of nitrogens with one attached hydrogen (secondary N) is 3. The van der Waals surface area contributed by atoms with Crippen LogP contribution in [-0.4, -0.2) is 23.4 Å². The van der Waals surface area contributed by atoms with Crippen LogP contribution in [0.1, 0.15) is 10.5 Å². The number of rotatable bonds is 4. The van der Waals surface area contributed by atoms with Gasteiger partial charge in [0, 0.05) is 10.7 Å². The molecule has 0 saturated heterocycles. The summed E-state index contributed by atoms with van der Waals surface area (Å²) in [5.74, 6) is -1.07. The van der Waals surface area contributed by atoms with Crippen LogP contribution in [0.15, 0.2) is 41.0 Å². The number of ether oxygens (including phenoxy) is 1. The van der Waals surface area contributed by atoms with Gasteiger partial charge in [-0.1, -0.05) is 0 Å². The Morgan fingerprint density at radius 3 is 2.57 bits per heavy atom. The van der Waals surface area contributed by atoms with Crippen LogP contribution in [0.3, 0.4) is 0 Å². The summed E-state index contributed by atoms with van der Waals surface area (Å²) in [5, 5.41) is 0. The van der Waals surface area contributed by atoms with E-state index in [-0.39, 0.29) is 6.61 Å². The lowest BCUT2D eigenvalue weighted by molar-refractivity contribution is -0.123. The molecular formula is C13H11BrFN3O3. The fraction of sp³-hybridized carbons (Fsp3) is 0.0769. The average Bonchev–Trinajstić information content (AvgIpc) is 2.91. The number of aromatic nitrogens is 1. The monoisotopic (exact) mass is 355 g/mol. The number of hydrogen-bond acceptors (Lipinski definition) is 3. The molecule has 1 aromatic carbocycles. The maximum atomic E-state index is 12.7. The van der Waals surface area contributed by atoms with Gasteiger partial charge in [0.25, 0.3) is 11.8 Å². The minimum absolute atomic E-state index is 0.293. The van der Waals surface area contributed by atoms with Crippen molar-refractivity contribution in [2.24, 2.45) is 0 Å². The van der Waals surface area contributed by atoms with E-state index >= 15 is 0 Å². The molecule has 1 aromatic heterocycles. The van der Waals surface area contributed by atoms with E-state index in [9.17, 15) is 14.0 Å². The first-order chi connectivity index (χ1) is 10.0. The number of H-pyrrole nitrogens is 1. The van der Waals surface area contributed by atoms with Crippen molar-refractivity contribution in [2.75, 3.05) is 6.61 Å². The van der Waals surface area contributed by atoms with Crippen molar-refractivity contribution in [3.8, 4) is 5.75 Å². The largest absolute Gasteiger partial charge is 0.484 e. The highest BCUT2D eigenvalue weighted by molar-refractivity contribution is 9.10. The van der Waals surface area contributed by atoms with Gasteiger partial charge in [0.15, 0.2) is 6.61 Å². The van der Waals surface area contributed by atoms with Gasteiger partial charge in [-0.05, 0) is 46.3 Å². The summed E-state index contributed by atoms with van der Waals surface area (Å²) in [5.41, 5.74) is 4.72. The summed E-state index contributed by atoms with van der Waals surface area (Å²) < 4.78 is 18.5. The van der Waals surface area contributed by atoms with Crippen LogP contribution in [0.2, 0.25) is 0 Å². The molecule has 0 aliphatic carbocycles. The lowest BCUT2D eigenvalue weighted by atomic mass is 10.3. The quantitative estimate of drug-likeness (QED) is 0.730. The molecule has 3 N–H and O–H groups in total. The molecule has 6 nitrogen and oxygen atoms in total. The van der Waals surface area contributed by atoms with E-state index in [1.54, 1.807) is 12.3 Å². The molecule has 0 saturated carbocycles. The van der Waals surface area contributed by atoms with Crippen LogP contribution in [0.4, 0.5) is 4.39 Å². The van der Waals surface area contributed by atoms with Gasteiger partial charge in [0.1, 0.15) is 17.3 Å². The Balaban J connectivity index is 1.74. The van der Waals surface area contributed by atoms with Crippen LogP contribution in [0.25, 0.3) is 0 Å². The molecule has 0 aliphatic heterocycles. The van der Waals surface area contributed by atoms with Crippen LogP contribution >= 0.6 is 15.9 Å². The Morgan fingerprint density at radius 2 is 1.95 bits per heavy atom. The maximum absolute atomic E-state index is 12.7. The topological polar surface area (TPSA) is 83.2 Å². The molecular weight excluding hydrogens is 345 g/mol. The van der Waals surface area contributed by atoms with Crippen molar-refractivity contribution in [3.05, 3.63) is 52.5 Å². The zero-order valence-electron chi connectivity index (χ0n) is 10.7. The van der Waals surface area contributed by atoms with E-state index in [4.69, 9.17) is 4.74 Å². The van der Waals surface area contributed by atoms with E-state index in [0.29, 0.717) is 11.4 Å². The predicted molar refractivity (Wildman–Crippen MR) is 76.0 cm³/mol. The Bertz CT molecular complexity index is 642. The van der Waals surface area contributed by atoms with Gasteiger partial charge in [0.2, 0.25) is 0 Å². The first-order valence-electron chi connectivity index (χ1n) is 5.86. The summed E-state index contributed by atoms with van der Waals surface area (Å²) >= 11 is 3.19. The highest BCUT2D eigenvalue weighted by Gasteiger charge is 2.09. The SMILES string of the molecule is O=C(COc1ccc(F)cc1)NNC(=O)c1cc(Br)c[nH]1. The molecule has 2 aromatic rings. The molecule has 2 amide bonds. The van der Waals surface area contributed by atoms with Crippen molar-refractivity contribution >= 4 is 27.7 Å². The van der Waals surface area contributed by atoms with Crippen molar-refractivity contribution < 1.29 is 18.7 Å². The third kappa shape index (κ3) is 4.60. The molecule has 2 rings (SSSR count). The highest BCUT2D eigenvalue weighted by atomic mass is 79.9. The summed E-state index contributed by atoms with van der Waals surface area (Å²) in [6.45, 7) is -0.305. The second-order valence-electron chi connectivity index (χ2n) is 3.98. The van der Waals surface area contributed by atoms with Gasteiger partial charge in [0.05, 0.1) is 0 Å². The van der Waals surface area contributed by atoms with Crippen LogP contribution in [0, 0.1) is 5.82 Å². The molecule has 0 radical (unpaired) electrons. The molecule has 0 atom stereocenters. The molecule has 0 aliphatic rings. The smallest absolute Gasteiger partial charge is 0.286 e. The molecule has 0 spiro atoms. The van der Waals surface area contributed by atoms with Crippen molar-refractivity contribution in [1.29, 1.82) is 0 Å². The molecule has 8 heteroatoms. The standard InChI is InChI=1S/C13H11BrFN3O3/c14-8-5-11(16-6-8)13(20)18-17-12(19)7-21-10-3-1-9(15)2-4-10/h1-6,16H,7H2,(H,17,19)(H,18,20). The maximum Gasteiger partial charge on any atom is 0.286 e. The van der Waals surface area contributed by atoms with Gasteiger partial charge in [-0.3, -0.25) is 20.4 Å². The van der Waals surface area contributed by atoms with Crippen molar-refractivity contribution in [2.45, 2.75) is 0 Å². The zero-order chi connectivity index (χ0) is 15.2. The van der Waals surface area contributed by atoms with Gasteiger partial charge < -0.3 is 9.72 Å². The summed E-state index contributed by atoms with van der Waals surface area (Å²) in [6, 6.07) is 6.81. The Labute approximate surface area is 127 Å². The summed E-state index contributed by atoms with van der Waals surface area (Å²) in [4.78, 5) is 25.8. The Hall–Kier alpha value is -2.35. The lowest BCUT2D eigenvalue weighted by Crippen LogP contribution is -2.43. The van der Waals surface area contributed by atoms with E-state index in [0.717, 1.165) is 4.47 Å². The first-order valence-corrected chi connectivity index (χ1v) is 6.65. The van der Waals surface area contributed by atoms with Gasteiger partial charge >= 0.3 is 0 Å². The Kier molecular flexibility index (Phi) is 4.94. The first kappa shape index (κ1) is 15.0. The number of carbonyl (C=O) groups excluding carboxylic acids is 2. The van der Waals surface area contributed by atoms with E-state index in [1.165, 1.54) is 24.3 Å². The molecule has 110 valence electrons. The number of benzene rings is 1. The fourth-order valence-electron chi connectivity index (χ4n) is 1.41. The highest BCUT2D eigenvalue weighted by Crippen LogP contribution is 2.11. The molecule has 0 fully saturated rings. The third-order valence-corrected chi connectivity index (χ3v) is 2.85. The summed E-state index contributed by atoms with van der Waals surface area (Å²) in [7, 11) is 0. The normalized spacial score (nSPS) is 10.0. The van der Waals surface area contributed by atoms with Gasteiger partial charge in [-0.25, -0.2) is 4.39 Å². The molecule has 21 heavy (non-hydrogen) atoms. The number of amides is 2. The minimum atomic E-state index is -0.543.